The second-order valence-corrected chi connectivity index (χ2v) is 5.98. The van der Waals surface area contributed by atoms with Gasteiger partial charge in [-0.05, 0) is 26.0 Å². The zero-order chi connectivity index (χ0) is 17.0. The molecule has 0 amide bonds. The van der Waals surface area contributed by atoms with Gasteiger partial charge in [0, 0.05) is 18.4 Å². The van der Waals surface area contributed by atoms with Crippen LogP contribution in [0.5, 0.6) is 11.5 Å². The van der Waals surface area contributed by atoms with Crippen molar-refractivity contribution in [2.45, 2.75) is 26.7 Å². The zero-order valence-corrected chi connectivity index (χ0v) is 13.6. The molecule has 0 saturated carbocycles. The Kier molecular flexibility index (Phi) is 5.60. The number of benzene rings is 1. The highest BCUT2D eigenvalue weighted by Crippen LogP contribution is 2.29. The number of esters is 1. The van der Waals surface area contributed by atoms with Gasteiger partial charge in [0.1, 0.15) is 18.0 Å². The summed E-state index contributed by atoms with van der Waals surface area (Å²) in [7, 11) is 0. The molecule has 1 heterocycles. The second kappa shape index (κ2) is 7.46. The number of carbonyl (C=O) groups excluding carboxylic acids is 2. The van der Waals surface area contributed by atoms with Gasteiger partial charge < -0.3 is 19.8 Å². The van der Waals surface area contributed by atoms with Crippen LogP contribution in [-0.4, -0.2) is 48.2 Å². The molecule has 0 aliphatic carbocycles. The lowest BCUT2D eigenvalue weighted by molar-refractivity contribution is -0.897. The number of hydrogen-bond donors (Lipinski definition) is 3. The summed E-state index contributed by atoms with van der Waals surface area (Å²) in [5, 5.41) is 19.5. The van der Waals surface area contributed by atoms with Crippen molar-refractivity contribution in [3.05, 3.63) is 23.3 Å². The smallest absolute Gasteiger partial charge is 0.309 e. The van der Waals surface area contributed by atoms with Crippen LogP contribution in [0.15, 0.2) is 12.1 Å². The second-order valence-electron chi connectivity index (χ2n) is 5.98. The summed E-state index contributed by atoms with van der Waals surface area (Å²) in [6.45, 7) is 5.49. The molecule has 3 N–H and O–H groups in total. The van der Waals surface area contributed by atoms with Gasteiger partial charge in [-0.15, -0.1) is 0 Å². The highest BCUT2D eigenvalue weighted by molar-refractivity contribution is 5.99. The van der Waals surface area contributed by atoms with Gasteiger partial charge >= 0.3 is 5.97 Å². The third-order valence-corrected chi connectivity index (χ3v) is 4.43. The Labute approximate surface area is 135 Å². The molecular weight excluding hydrogens is 298 g/mol. The van der Waals surface area contributed by atoms with Gasteiger partial charge in [0.05, 0.1) is 31.2 Å². The minimum atomic E-state index is -0.157. The number of phenols is 2. The largest absolute Gasteiger partial charge is 0.508 e. The SMILES string of the molecule is CCOC(=O)C1CC[NH+](CC(=O)c2ccc(O)c(C)c2O)CC1. The molecule has 1 saturated heterocycles. The molecule has 6 nitrogen and oxygen atoms in total. The Balaban J connectivity index is 1.93. The van der Waals surface area contributed by atoms with E-state index < -0.39 is 0 Å². The maximum absolute atomic E-state index is 12.4. The van der Waals surface area contributed by atoms with Gasteiger partial charge in [-0.25, -0.2) is 0 Å². The van der Waals surface area contributed by atoms with Crippen LogP contribution in [0, 0.1) is 12.8 Å². The monoisotopic (exact) mass is 322 g/mol. The van der Waals surface area contributed by atoms with Gasteiger partial charge in [-0.1, -0.05) is 0 Å². The molecule has 1 aromatic carbocycles. The molecule has 6 heteroatoms. The van der Waals surface area contributed by atoms with Crippen molar-refractivity contribution in [3.63, 3.8) is 0 Å². The maximum Gasteiger partial charge on any atom is 0.309 e. The van der Waals surface area contributed by atoms with Gasteiger partial charge in [-0.2, -0.15) is 0 Å². The maximum atomic E-state index is 12.4. The van der Waals surface area contributed by atoms with E-state index in [1.807, 2.05) is 0 Å². The molecule has 2 rings (SSSR count). The van der Waals surface area contributed by atoms with Crippen LogP contribution in [0.2, 0.25) is 0 Å². The first-order valence-corrected chi connectivity index (χ1v) is 7.99. The third-order valence-electron chi connectivity index (χ3n) is 4.43. The fourth-order valence-electron chi connectivity index (χ4n) is 2.94. The number of hydrogen-bond acceptors (Lipinski definition) is 5. The van der Waals surface area contributed by atoms with E-state index in [4.69, 9.17) is 4.74 Å². The van der Waals surface area contributed by atoms with Gasteiger partial charge in [0.25, 0.3) is 0 Å². The first-order chi connectivity index (χ1) is 10.9. The van der Waals surface area contributed by atoms with E-state index in [0.29, 0.717) is 25.0 Å². The number of piperidine rings is 1. The van der Waals surface area contributed by atoms with E-state index in [-0.39, 0.29) is 41.3 Å². The summed E-state index contributed by atoms with van der Waals surface area (Å²) >= 11 is 0. The normalized spacial score (nSPS) is 21.0. The Morgan fingerprint density at radius 3 is 2.52 bits per heavy atom. The number of phenolic OH excluding ortho intramolecular Hbond substituents is 2. The highest BCUT2D eigenvalue weighted by Gasteiger charge is 2.30. The summed E-state index contributed by atoms with van der Waals surface area (Å²) in [6, 6.07) is 2.87. The topological polar surface area (TPSA) is 88.3 Å². The molecule has 0 spiro atoms. The molecule has 126 valence electrons. The number of rotatable bonds is 5. The first kappa shape index (κ1) is 17.3. The molecular formula is C17H24NO5+. The van der Waals surface area contributed by atoms with Gasteiger partial charge in [0.15, 0.2) is 0 Å². The molecule has 0 bridgehead atoms. The van der Waals surface area contributed by atoms with Crippen LogP contribution >= 0.6 is 0 Å². The first-order valence-electron chi connectivity index (χ1n) is 7.99. The van der Waals surface area contributed by atoms with Crippen molar-refractivity contribution in [1.82, 2.24) is 0 Å². The molecule has 1 fully saturated rings. The van der Waals surface area contributed by atoms with Crippen LogP contribution in [0.25, 0.3) is 0 Å². The molecule has 0 aromatic heterocycles. The Morgan fingerprint density at radius 1 is 1.26 bits per heavy atom. The number of Topliss-reactive ketones (excluding diaryl/α,β-unsaturated/α-hetero) is 1. The molecule has 1 aromatic rings. The molecule has 0 unspecified atom stereocenters. The fraction of sp³-hybridized carbons (Fsp3) is 0.529. The van der Waals surface area contributed by atoms with E-state index in [1.165, 1.54) is 12.1 Å². The lowest BCUT2D eigenvalue weighted by atomic mass is 9.96. The zero-order valence-electron chi connectivity index (χ0n) is 13.6. The fourth-order valence-corrected chi connectivity index (χ4v) is 2.94. The van der Waals surface area contributed by atoms with Gasteiger partial charge in [-0.3, -0.25) is 9.59 Å². The number of nitrogens with one attached hydrogen (secondary N) is 1. The van der Waals surface area contributed by atoms with Crippen LogP contribution in [0.3, 0.4) is 0 Å². The summed E-state index contributed by atoms with van der Waals surface area (Å²) < 4.78 is 5.04. The van der Waals surface area contributed by atoms with Gasteiger partial charge in [0.2, 0.25) is 5.78 Å². The number of ketones is 1. The summed E-state index contributed by atoms with van der Waals surface area (Å²) in [5.74, 6) is -0.560. The minimum Gasteiger partial charge on any atom is -0.508 e. The number of aromatic hydroxyl groups is 2. The van der Waals surface area contributed by atoms with Crippen molar-refractivity contribution in [2.24, 2.45) is 5.92 Å². The summed E-state index contributed by atoms with van der Waals surface area (Å²) in [5.41, 5.74) is 0.548. The lowest BCUT2D eigenvalue weighted by Crippen LogP contribution is -3.14. The predicted molar refractivity (Wildman–Crippen MR) is 83.8 cm³/mol. The van der Waals surface area contributed by atoms with Crippen molar-refractivity contribution in [3.8, 4) is 11.5 Å². The highest BCUT2D eigenvalue weighted by atomic mass is 16.5. The average Bonchev–Trinajstić information content (AvgIpc) is 2.53. The molecule has 1 aliphatic rings. The lowest BCUT2D eigenvalue weighted by Gasteiger charge is -2.27. The van der Waals surface area contributed by atoms with E-state index in [9.17, 15) is 19.8 Å². The van der Waals surface area contributed by atoms with Crippen LogP contribution in [0.4, 0.5) is 0 Å². The quantitative estimate of drug-likeness (QED) is 0.541. The van der Waals surface area contributed by atoms with Crippen molar-refractivity contribution in [1.29, 1.82) is 0 Å². The van der Waals surface area contributed by atoms with E-state index >= 15 is 0 Å². The van der Waals surface area contributed by atoms with E-state index in [2.05, 4.69) is 0 Å². The van der Waals surface area contributed by atoms with Crippen LogP contribution in [-0.2, 0) is 9.53 Å². The molecule has 23 heavy (non-hydrogen) atoms. The average molecular weight is 322 g/mol. The van der Waals surface area contributed by atoms with Crippen molar-refractivity contribution < 1.29 is 29.4 Å². The minimum absolute atomic E-state index is 0.0263. The third kappa shape index (κ3) is 4.01. The van der Waals surface area contributed by atoms with Crippen molar-refractivity contribution in [2.75, 3.05) is 26.2 Å². The number of likely N-dealkylation sites (tertiary alicyclic amines) is 1. The molecule has 0 atom stereocenters. The van der Waals surface area contributed by atoms with E-state index in [1.54, 1.807) is 13.8 Å². The number of carbonyl (C=O) groups is 2. The van der Waals surface area contributed by atoms with E-state index in [0.717, 1.165) is 18.0 Å². The molecule has 0 radical (unpaired) electrons. The summed E-state index contributed by atoms with van der Waals surface area (Å²) in [4.78, 5) is 25.2. The Bertz CT molecular complexity index is 591. The molecule has 1 aliphatic heterocycles. The van der Waals surface area contributed by atoms with Crippen LogP contribution < -0.4 is 4.90 Å². The Morgan fingerprint density at radius 2 is 1.91 bits per heavy atom. The standard InChI is InChI=1S/C17H23NO5/c1-3-23-17(22)12-6-8-18(9-7-12)10-15(20)13-4-5-14(19)11(2)16(13)21/h4-5,12,19,21H,3,6-10H2,1-2H3/p+1. The summed E-state index contributed by atoms with van der Waals surface area (Å²) in [6.07, 6.45) is 1.42. The van der Waals surface area contributed by atoms with Crippen LogP contribution in [0.1, 0.15) is 35.7 Å². The number of quaternary nitrogens is 1. The number of ether oxygens (including phenoxy) is 1. The van der Waals surface area contributed by atoms with Crippen molar-refractivity contribution >= 4 is 11.8 Å². The Hall–Kier alpha value is -2.08. The predicted octanol–water partition coefficient (Wildman–Crippen LogP) is 0.447.